The zero-order valence-electron chi connectivity index (χ0n) is 13.5. The molecule has 0 radical (unpaired) electrons. The molecule has 0 aromatic heterocycles. The largest absolute Gasteiger partial charge is 1.00 e. The van der Waals surface area contributed by atoms with Crippen molar-refractivity contribution >= 4 is 25.5 Å². The second-order valence-electron chi connectivity index (χ2n) is 3.84. The van der Waals surface area contributed by atoms with Gasteiger partial charge in [0.15, 0.2) is 0 Å². The molecular weight excluding hydrogens is 391 g/mol. The molecule has 0 spiro atoms. The maximum atomic E-state index is 11.4. The van der Waals surface area contributed by atoms with Gasteiger partial charge in [0, 0.05) is 5.66 Å². The van der Waals surface area contributed by atoms with Gasteiger partial charge in [-0.15, -0.1) is 0 Å². The van der Waals surface area contributed by atoms with Crippen LogP contribution in [0.25, 0.3) is 0 Å². The first kappa shape index (κ1) is 32.8. The first-order chi connectivity index (χ1) is 8.35. The minimum absolute atomic E-state index is 0. The third-order valence-electron chi connectivity index (χ3n) is 2.45. The van der Waals surface area contributed by atoms with Gasteiger partial charge in [0.2, 0.25) is 0 Å². The summed E-state index contributed by atoms with van der Waals surface area (Å²) in [5.41, 5.74) is -1.46. The van der Waals surface area contributed by atoms with Crippen molar-refractivity contribution in [3.63, 3.8) is 0 Å². The Morgan fingerprint density at radius 3 is 1.77 bits per heavy atom. The van der Waals surface area contributed by atoms with Crippen LogP contribution in [0.2, 0.25) is 0 Å². The normalized spacial score (nSPS) is 17.0. The van der Waals surface area contributed by atoms with E-state index in [1.165, 1.54) is 6.92 Å². The van der Waals surface area contributed by atoms with Gasteiger partial charge in [0.1, 0.15) is 7.60 Å². The molecule has 116 valence electrons. The summed E-state index contributed by atoms with van der Waals surface area (Å²) in [6.07, 6.45) is -0.375. The number of rotatable bonds is 8. The molecule has 9 nitrogen and oxygen atoms in total. The maximum Gasteiger partial charge on any atom is 1.00 e. The Hall–Kier alpha value is 3.21. The van der Waals surface area contributed by atoms with E-state index in [1.807, 2.05) is 0 Å². The van der Waals surface area contributed by atoms with E-state index >= 15 is 0 Å². The Kier molecular flexibility index (Phi) is 20.0. The monoisotopic (exact) mass is 406 g/mol. The molecule has 0 heterocycles. The summed E-state index contributed by atoms with van der Waals surface area (Å²) in [5.74, 6) is 0. The molecule has 3 atom stereocenters. The fraction of sp³-hybridized carbons (Fsp3) is 1.00. The van der Waals surface area contributed by atoms with Gasteiger partial charge >= 0.3 is 88.7 Å². The molecule has 3 unspecified atom stereocenters. The average molecular weight is 406 g/mol. The van der Waals surface area contributed by atoms with Gasteiger partial charge < -0.3 is 28.1 Å². The summed E-state index contributed by atoms with van der Waals surface area (Å²) in [4.78, 5) is 32.0. The smallest absolute Gasteiger partial charge is 0.790 e. The van der Waals surface area contributed by atoms with Crippen molar-refractivity contribution in [2.45, 2.75) is 37.6 Å². The Morgan fingerprint density at radius 1 is 1.09 bits per heavy atom. The van der Waals surface area contributed by atoms with Crippen LogP contribution >= 0.6 is 15.4 Å². The number of hydrogen-bond acceptors (Lipinski definition) is 9. The molecule has 15 heteroatoms. The van der Waals surface area contributed by atoms with Crippen LogP contribution in [0.5, 0.6) is 0 Å². The van der Waals surface area contributed by atoms with E-state index in [4.69, 9.17) is 0 Å². The van der Waals surface area contributed by atoms with Crippen LogP contribution in [0.3, 0.4) is 0 Å². The molecule has 0 bridgehead atoms. The fourth-order valence-corrected chi connectivity index (χ4v) is 4.97. The van der Waals surface area contributed by atoms with Gasteiger partial charge in [0.25, 0.3) is 10.1 Å². The summed E-state index contributed by atoms with van der Waals surface area (Å²) in [6, 6.07) is 0. The second kappa shape index (κ2) is 13.4. The number of phosphoric acid groups is 1. The molecule has 0 saturated carbocycles. The molecule has 0 aliphatic rings. The number of hydrogen-bond donors (Lipinski definition) is 0. The van der Waals surface area contributed by atoms with Crippen molar-refractivity contribution in [1.82, 2.24) is 0 Å². The molecule has 0 N–H and O–H groups in total. The van der Waals surface area contributed by atoms with E-state index in [9.17, 15) is 32.2 Å². The third kappa shape index (κ3) is 12.5. The van der Waals surface area contributed by atoms with E-state index < -0.39 is 42.9 Å². The topological polar surface area (TPSA) is 156 Å². The fourth-order valence-electron chi connectivity index (χ4n) is 1.35. The van der Waals surface area contributed by atoms with Crippen LogP contribution in [0.4, 0.5) is 0 Å². The van der Waals surface area contributed by atoms with E-state index in [-0.39, 0.29) is 95.1 Å². The predicted molar refractivity (Wildman–Crippen MR) is 60.4 cm³/mol. The maximum absolute atomic E-state index is 11.4. The molecule has 0 saturated heterocycles. The molecule has 0 aromatic rings. The minimum atomic E-state index is -5.70. The summed E-state index contributed by atoms with van der Waals surface area (Å²) >= 11 is 0. The third-order valence-corrected chi connectivity index (χ3v) is 7.26. The van der Waals surface area contributed by atoms with Gasteiger partial charge in [0.05, 0.1) is 20.2 Å². The summed E-state index contributed by atoms with van der Waals surface area (Å²) in [7, 11) is -13.7. The van der Waals surface area contributed by atoms with Crippen LogP contribution < -0.4 is 103 Å². The van der Waals surface area contributed by atoms with Crippen molar-refractivity contribution in [3.05, 3.63) is 0 Å². The van der Waals surface area contributed by atoms with E-state index in [0.29, 0.717) is 0 Å². The molecule has 0 amide bonds. The summed E-state index contributed by atoms with van der Waals surface area (Å²) in [6.45, 7) is 2.55. The van der Waals surface area contributed by atoms with Crippen molar-refractivity contribution in [3.8, 4) is 0 Å². The quantitative estimate of drug-likeness (QED) is 0.217. The molecule has 22 heavy (non-hydrogen) atoms. The Balaban J connectivity index is -0.000000540. The van der Waals surface area contributed by atoms with Crippen LogP contribution in [0.15, 0.2) is 0 Å². The standard InChI is InChI=1S/C7H18O9P2S.3Na/c1-4-7(19(13,14)15-3)5-6(2)17(8,9)16-18(10,11)12;;;/h6-7H,4-5H2,1-3H3,(H,8,9)(H2,10,11,12);;;/q;3*+1/p-3. The van der Waals surface area contributed by atoms with Gasteiger partial charge in [-0.2, -0.15) is 8.42 Å². The van der Waals surface area contributed by atoms with Crippen LogP contribution in [-0.4, -0.2) is 26.4 Å². The SMILES string of the molecule is CCC(CC(C)P(=O)([O-])OP(=O)([O-])[O-])S(=O)(=O)OC.[Na+].[Na+].[Na+]. The molecule has 0 aliphatic carbocycles. The van der Waals surface area contributed by atoms with Crippen LogP contribution in [0.1, 0.15) is 26.7 Å². The summed E-state index contributed by atoms with van der Waals surface area (Å²) in [5, 5.41) is -1.14. The average Bonchev–Trinajstić information content (AvgIpc) is 2.21. The van der Waals surface area contributed by atoms with E-state index in [1.54, 1.807) is 0 Å². The van der Waals surface area contributed by atoms with Crippen molar-refractivity contribution in [2.24, 2.45) is 0 Å². The van der Waals surface area contributed by atoms with Crippen molar-refractivity contribution < 1.29 is 129 Å². The molecule has 0 rings (SSSR count). The molecule has 0 aliphatic heterocycles. The van der Waals surface area contributed by atoms with Gasteiger partial charge in [-0.25, -0.2) is 0 Å². The Bertz CT molecular complexity index is 493. The second-order valence-corrected chi connectivity index (χ2v) is 9.34. The van der Waals surface area contributed by atoms with Gasteiger partial charge in [-0.05, 0) is 12.8 Å². The Morgan fingerprint density at radius 2 is 1.50 bits per heavy atom. The van der Waals surface area contributed by atoms with Crippen molar-refractivity contribution in [1.29, 1.82) is 0 Å². The van der Waals surface area contributed by atoms with Gasteiger partial charge in [-0.1, -0.05) is 13.8 Å². The summed E-state index contributed by atoms with van der Waals surface area (Å²) < 4.78 is 52.3. The first-order valence-electron chi connectivity index (χ1n) is 5.19. The molecular formula is C7H15Na3O9P2S. The predicted octanol–water partition coefficient (Wildman–Crippen LogP) is -10.1. The zero-order valence-corrected chi connectivity index (χ0v) is 22.2. The van der Waals surface area contributed by atoms with Crippen molar-refractivity contribution in [2.75, 3.05) is 7.11 Å². The minimum Gasteiger partial charge on any atom is -0.790 e. The Labute approximate surface area is 197 Å². The zero-order chi connectivity index (χ0) is 15.5. The van der Waals surface area contributed by atoms with Crippen LogP contribution in [0, 0.1) is 0 Å². The molecule has 0 aromatic carbocycles. The van der Waals surface area contributed by atoms with E-state index in [2.05, 4.69) is 8.49 Å². The molecule has 0 fully saturated rings. The van der Waals surface area contributed by atoms with Crippen LogP contribution in [-0.2, 0) is 27.7 Å². The van der Waals surface area contributed by atoms with E-state index in [0.717, 1.165) is 14.0 Å². The first-order valence-corrected chi connectivity index (χ1v) is 9.73. The van der Waals surface area contributed by atoms with Gasteiger partial charge in [-0.3, -0.25) is 4.18 Å².